The smallest absolute Gasteiger partial charge is 0.323 e. The van der Waals surface area contributed by atoms with Gasteiger partial charge in [-0.25, -0.2) is 4.39 Å². The van der Waals surface area contributed by atoms with E-state index in [4.69, 9.17) is 0 Å². The fourth-order valence-corrected chi connectivity index (χ4v) is 4.91. The molecule has 0 saturated heterocycles. The summed E-state index contributed by atoms with van der Waals surface area (Å²) in [4.78, 5) is 11.3. The summed E-state index contributed by atoms with van der Waals surface area (Å²) in [5, 5.41) is 13.4. The number of fused-ring (bicyclic) bond motifs is 2. The van der Waals surface area contributed by atoms with Gasteiger partial charge in [-0.3, -0.25) is 4.79 Å². The van der Waals surface area contributed by atoms with Crippen molar-refractivity contribution >= 4 is 38.3 Å². The molecule has 4 rings (SSSR count). The minimum atomic E-state index is -0.908. The molecule has 0 aliphatic carbocycles. The van der Waals surface area contributed by atoms with Crippen LogP contribution in [0.25, 0.3) is 21.0 Å². The van der Waals surface area contributed by atoms with Gasteiger partial charge in [-0.1, -0.05) is 25.1 Å². The molecule has 2 heterocycles. The third-order valence-electron chi connectivity index (χ3n) is 5.04. The highest BCUT2D eigenvalue weighted by Gasteiger charge is 2.23. The highest BCUT2D eigenvalue weighted by molar-refractivity contribution is 7.17. The fourth-order valence-electron chi connectivity index (χ4n) is 3.86. The predicted molar refractivity (Wildman–Crippen MR) is 104 cm³/mol. The molecule has 1 atom stereocenters. The average Bonchev–Trinajstić information content (AvgIpc) is 3.14. The number of hydrogen-bond donors (Lipinski definition) is 1. The normalized spacial score (nSPS) is 12.7. The number of aliphatic carboxylic acids is 1. The van der Waals surface area contributed by atoms with Crippen molar-refractivity contribution in [2.45, 2.75) is 26.3 Å². The van der Waals surface area contributed by atoms with Crippen molar-refractivity contribution in [1.29, 1.82) is 0 Å². The number of thiophene rings is 1. The molecule has 0 amide bonds. The van der Waals surface area contributed by atoms with Crippen molar-refractivity contribution < 1.29 is 14.3 Å². The summed E-state index contributed by atoms with van der Waals surface area (Å²) in [5.74, 6) is -1.19. The second-order valence-corrected chi connectivity index (χ2v) is 7.46. The van der Waals surface area contributed by atoms with Crippen molar-refractivity contribution in [3.63, 3.8) is 0 Å². The quantitative estimate of drug-likeness (QED) is 0.514. The van der Waals surface area contributed by atoms with Crippen molar-refractivity contribution in [1.82, 2.24) is 4.57 Å². The molecule has 1 N–H and O–H groups in total. The molecule has 0 radical (unpaired) electrons. The van der Waals surface area contributed by atoms with E-state index in [2.05, 4.69) is 24.4 Å². The van der Waals surface area contributed by atoms with E-state index in [0.717, 1.165) is 22.2 Å². The molecular formula is C21H18FNO2S. The maximum absolute atomic E-state index is 14.0. The summed E-state index contributed by atoms with van der Waals surface area (Å²) >= 11 is 1.69. The number of carboxylic acids is 1. The van der Waals surface area contributed by atoms with Crippen LogP contribution in [-0.2, 0) is 11.3 Å². The maximum atomic E-state index is 14.0. The van der Waals surface area contributed by atoms with Crippen LogP contribution in [0.2, 0.25) is 0 Å². The highest BCUT2D eigenvalue weighted by atomic mass is 32.1. The Morgan fingerprint density at radius 1 is 1.23 bits per heavy atom. The molecule has 132 valence electrons. The lowest BCUT2D eigenvalue weighted by Gasteiger charge is -2.13. The van der Waals surface area contributed by atoms with E-state index in [1.807, 2.05) is 19.1 Å². The number of halogens is 1. The molecule has 2 aromatic heterocycles. The van der Waals surface area contributed by atoms with Crippen LogP contribution < -0.4 is 0 Å². The molecule has 26 heavy (non-hydrogen) atoms. The minimum absolute atomic E-state index is 0.0329. The van der Waals surface area contributed by atoms with E-state index in [1.54, 1.807) is 22.0 Å². The average molecular weight is 367 g/mol. The van der Waals surface area contributed by atoms with Crippen molar-refractivity contribution in [3.05, 3.63) is 70.5 Å². The van der Waals surface area contributed by atoms with Crippen LogP contribution in [0.5, 0.6) is 0 Å². The van der Waals surface area contributed by atoms with E-state index in [-0.39, 0.29) is 18.3 Å². The molecule has 0 fully saturated rings. The third kappa shape index (κ3) is 2.59. The lowest BCUT2D eigenvalue weighted by molar-refractivity contribution is -0.137. The Labute approximate surface area is 154 Å². The second-order valence-electron chi connectivity index (χ2n) is 6.55. The van der Waals surface area contributed by atoms with Gasteiger partial charge >= 0.3 is 5.97 Å². The molecule has 4 aromatic rings. The molecule has 0 aliphatic heterocycles. The molecule has 0 saturated carbocycles. The number of rotatable bonds is 4. The van der Waals surface area contributed by atoms with Crippen LogP contribution in [0.3, 0.4) is 0 Å². The number of hydrogen-bond acceptors (Lipinski definition) is 2. The number of benzene rings is 2. The van der Waals surface area contributed by atoms with Gasteiger partial charge in [0.05, 0.1) is 0 Å². The Hall–Kier alpha value is -2.66. The van der Waals surface area contributed by atoms with Gasteiger partial charge in [0.1, 0.15) is 12.4 Å². The van der Waals surface area contributed by atoms with E-state index >= 15 is 0 Å². The molecule has 0 spiro atoms. The summed E-state index contributed by atoms with van der Waals surface area (Å²) in [6, 6.07) is 12.8. The molecule has 0 bridgehead atoms. The van der Waals surface area contributed by atoms with Gasteiger partial charge in [0.25, 0.3) is 0 Å². The topological polar surface area (TPSA) is 42.2 Å². The first-order valence-electron chi connectivity index (χ1n) is 8.43. The Kier molecular flexibility index (Phi) is 4.04. The summed E-state index contributed by atoms with van der Waals surface area (Å²) in [6.45, 7) is 3.89. The Bertz CT molecular complexity index is 1140. The van der Waals surface area contributed by atoms with E-state index in [1.165, 1.54) is 27.8 Å². The molecule has 0 aliphatic rings. The SMILES string of the molecule is Cc1c(C(C)c2csc3ccccc23)c2cc(F)ccc2n1CC(=O)O. The lowest BCUT2D eigenvalue weighted by atomic mass is 9.90. The van der Waals surface area contributed by atoms with Gasteiger partial charge in [0, 0.05) is 27.2 Å². The summed E-state index contributed by atoms with van der Waals surface area (Å²) in [7, 11) is 0. The molecule has 2 aromatic carbocycles. The summed E-state index contributed by atoms with van der Waals surface area (Å²) in [6.07, 6.45) is 0. The van der Waals surface area contributed by atoms with E-state index < -0.39 is 5.97 Å². The number of carboxylic acid groups (broad SMARTS) is 1. The van der Waals surface area contributed by atoms with Gasteiger partial charge in [0.15, 0.2) is 0 Å². The standard InChI is InChI=1S/C21H18FNO2S/c1-12(17-11-26-19-6-4-3-5-15(17)19)21-13(2)23(10-20(24)25)18-8-7-14(22)9-16(18)21/h3-9,11-12H,10H2,1-2H3,(H,24,25). The first kappa shape index (κ1) is 16.8. The van der Waals surface area contributed by atoms with Crippen LogP contribution in [0.4, 0.5) is 4.39 Å². The zero-order valence-corrected chi connectivity index (χ0v) is 15.3. The highest BCUT2D eigenvalue weighted by Crippen LogP contribution is 2.40. The van der Waals surface area contributed by atoms with Gasteiger partial charge in [0.2, 0.25) is 0 Å². The van der Waals surface area contributed by atoms with Crippen LogP contribution in [-0.4, -0.2) is 15.6 Å². The molecule has 3 nitrogen and oxygen atoms in total. The molecular weight excluding hydrogens is 349 g/mol. The van der Waals surface area contributed by atoms with Gasteiger partial charge in [-0.15, -0.1) is 11.3 Å². The zero-order chi connectivity index (χ0) is 18.4. The van der Waals surface area contributed by atoms with Gasteiger partial charge in [-0.05, 0) is 53.1 Å². The van der Waals surface area contributed by atoms with E-state index in [0.29, 0.717) is 0 Å². The molecule has 1 unspecified atom stereocenters. The number of carbonyl (C=O) groups is 1. The Morgan fingerprint density at radius 2 is 2.00 bits per heavy atom. The minimum Gasteiger partial charge on any atom is -0.480 e. The van der Waals surface area contributed by atoms with Crippen LogP contribution >= 0.6 is 11.3 Å². The van der Waals surface area contributed by atoms with Crippen molar-refractivity contribution in [2.24, 2.45) is 0 Å². The predicted octanol–water partition coefficient (Wildman–Crippen LogP) is 5.54. The zero-order valence-electron chi connectivity index (χ0n) is 14.5. The fraction of sp³-hybridized carbons (Fsp3) is 0.190. The summed E-state index contributed by atoms with van der Waals surface area (Å²) in [5.41, 5.74) is 3.81. The number of aromatic nitrogens is 1. The number of nitrogens with zero attached hydrogens (tertiary/aromatic N) is 1. The first-order chi connectivity index (χ1) is 12.5. The Balaban J connectivity index is 1.97. The first-order valence-corrected chi connectivity index (χ1v) is 9.31. The largest absolute Gasteiger partial charge is 0.480 e. The van der Waals surface area contributed by atoms with E-state index in [9.17, 15) is 14.3 Å². The van der Waals surface area contributed by atoms with Crippen molar-refractivity contribution in [2.75, 3.05) is 0 Å². The van der Waals surface area contributed by atoms with Crippen molar-refractivity contribution in [3.8, 4) is 0 Å². The lowest BCUT2D eigenvalue weighted by Crippen LogP contribution is -2.10. The van der Waals surface area contributed by atoms with Crippen LogP contribution in [0.1, 0.15) is 29.7 Å². The Morgan fingerprint density at radius 3 is 2.77 bits per heavy atom. The third-order valence-corrected chi connectivity index (χ3v) is 6.02. The van der Waals surface area contributed by atoms with Gasteiger partial charge in [-0.2, -0.15) is 0 Å². The monoisotopic (exact) mass is 367 g/mol. The van der Waals surface area contributed by atoms with Gasteiger partial charge < -0.3 is 9.67 Å². The molecule has 5 heteroatoms. The maximum Gasteiger partial charge on any atom is 0.323 e. The summed E-state index contributed by atoms with van der Waals surface area (Å²) < 4.78 is 16.9. The van der Waals surface area contributed by atoms with Crippen LogP contribution in [0, 0.1) is 12.7 Å². The van der Waals surface area contributed by atoms with Crippen LogP contribution in [0.15, 0.2) is 47.8 Å². The second kappa shape index (κ2) is 6.25.